The number of fused-ring (bicyclic) bond motifs is 1. The molecule has 0 aliphatic carbocycles. The minimum Gasteiger partial charge on any atom is -0.481 e. The molecule has 1 aromatic rings. The van der Waals surface area contributed by atoms with Crippen molar-refractivity contribution in [1.82, 2.24) is 10.2 Å². The van der Waals surface area contributed by atoms with Crippen LogP contribution in [0.15, 0.2) is 30.5 Å². The highest BCUT2D eigenvalue weighted by atomic mass is 16.4. The lowest BCUT2D eigenvalue weighted by atomic mass is 9.93. The Hall–Kier alpha value is -2.63. The third-order valence-electron chi connectivity index (χ3n) is 3.74. The zero-order chi connectivity index (χ0) is 16.8. The van der Waals surface area contributed by atoms with Gasteiger partial charge in [0, 0.05) is 26.1 Å². The second-order valence-electron chi connectivity index (χ2n) is 5.44. The lowest BCUT2D eigenvalue weighted by molar-refractivity contribution is -0.137. The van der Waals surface area contributed by atoms with E-state index in [1.807, 2.05) is 30.3 Å². The van der Waals surface area contributed by atoms with E-state index in [9.17, 15) is 14.4 Å². The highest BCUT2D eigenvalue weighted by Crippen LogP contribution is 2.32. The molecule has 0 saturated carbocycles. The van der Waals surface area contributed by atoms with Crippen LogP contribution in [0.5, 0.6) is 0 Å². The van der Waals surface area contributed by atoms with Crippen molar-refractivity contribution in [2.24, 2.45) is 0 Å². The summed E-state index contributed by atoms with van der Waals surface area (Å²) < 4.78 is 0. The van der Waals surface area contributed by atoms with Crippen LogP contribution in [0.1, 0.15) is 43.4 Å². The van der Waals surface area contributed by atoms with Gasteiger partial charge in [0.2, 0.25) is 11.8 Å². The van der Waals surface area contributed by atoms with Crippen LogP contribution < -0.4 is 5.32 Å². The summed E-state index contributed by atoms with van der Waals surface area (Å²) in [5.74, 6) is -1.20. The quantitative estimate of drug-likeness (QED) is 0.785. The maximum atomic E-state index is 12.1. The summed E-state index contributed by atoms with van der Waals surface area (Å²) in [5, 5.41) is 11.3. The molecular formula is C17H20N2O4. The molecular weight excluding hydrogens is 296 g/mol. The van der Waals surface area contributed by atoms with E-state index in [0.29, 0.717) is 13.0 Å². The molecule has 2 amide bonds. The van der Waals surface area contributed by atoms with Gasteiger partial charge in [0.1, 0.15) is 0 Å². The number of benzene rings is 1. The number of hydrogen-bond acceptors (Lipinski definition) is 3. The molecule has 1 heterocycles. The van der Waals surface area contributed by atoms with Gasteiger partial charge in [-0.25, -0.2) is 0 Å². The molecule has 0 radical (unpaired) electrons. The van der Waals surface area contributed by atoms with Gasteiger partial charge in [0.15, 0.2) is 0 Å². The lowest BCUT2D eigenvalue weighted by Gasteiger charge is -2.32. The molecule has 6 heteroatoms. The van der Waals surface area contributed by atoms with E-state index in [2.05, 4.69) is 5.32 Å². The smallest absolute Gasteiger partial charge is 0.303 e. The number of carbonyl (C=O) groups is 3. The summed E-state index contributed by atoms with van der Waals surface area (Å²) in [6, 6.07) is 7.32. The molecule has 23 heavy (non-hydrogen) atoms. The molecule has 1 aromatic carbocycles. The summed E-state index contributed by atoms with van der Waals surface area (Å²) in [6.45, 7) is 1.78. The van der Waals surface area contributed by atoms with Crippen LogP contribution in [0.4, 0.5) is 0 Å². The van der Waals surface area contributed by atoms with Gasteiger partial charge in [-0.05, 0) is 23.6 Å². The monoisotopic (exact) mass is 316 g/mol. The van der Waals surface area contributed by atoms with Gasteiger partial charge in [-0.1, -0.05) is 24.3 Å². The van der Waals surface area contributed by atoms with Gasteiger partial charge in [0.25, 0.3) is 0 Å². The number of amides is 2. The van der Waals surface area contributed by atoms with Crippen LogP contribution in [0, 0.1) is 0 Å². The molecule has 0 spiro atoms. The van der Waals surface area contributed by atoms with E-state index < -0.39 is 5.97 Å². The minimum absolute atomic E-state index is 0.0227. The van der Waals surface area contributed by atoms with E-state index in [1.165, 1.54) is 6.92 Å². The second-order valence-corrected chi connectivity index (χ2v) is 5.44. The van der Waals surface area contributed by atoms with Crippen LogP contribution >= 0.6 is 0 Å². The molecule has 1 atom stereocenters. The predicted octanol–water partition coefficient (Wildman–Crippen LogP) is 1.93. The van der Waals surface area contributed by atoms with Crippen molar-refractivity contribution < 1.29 is 19.5 Å². The number of aliphatic carboxylic acids is 1. The number of carbonyl (C=O) groups excluding carboxylic acids is 2. The first kappa shape index (κ1) is 16.7. The summed E-state index contributed by atoms with van der Waals surface area (Å²) in [7, 11) is 0. The SMILES string of the molecule is CC(=O)N1C=Cc2ccccc2C1CC(=O)NCCCC(=O)O. The Morgan fingerprint density at radius 2 is 2.00 bits per heavy atom. The fraction of sp³-hybridized carbons (Fsp3) is 0.353. The maximum Gasteiger partial charge on any atom is 0.303 e. The number of carboxylic acids is 1. The molecule has 122 valence electrons. The third kappa shape index (κ3) is 4.42. The number of rotatable bonds is 6. The molecule has 0 fully saturated rings. The topological polar surface area (TPSA) is 86.7 Å². The Morgan fingerprint density at radius 3 is 2.70 bits per heavy atom. The number of nitrogens with one attached hydrogen (secondary N) is 1. The van der Waals surface area contributed by atoms with Gasteiger partial charge in [-0.3, -0.25) is 14.4 Å². The van der Waals surface area contributed by atoms with Crippen molar-refractivity contribution in [3.8, 4) is 0 Å². The van der Waals surface area contributed by atoms with Crippen LogP contribution in [-0.4, -0.2) is 34.3 Å². The summed E-state index contributed by atoms with van der Waals surface area (Å²) in [4.78, 5) is 35.9. The van der Waals surface area contributed by atoms with Crippen LogP contribution in [0.3, 0.4) is 0 Å². The van der Waals surface area contributed by atoms with Gasteiger partial charge >= 0.3 is 5.97 Å². The highest BCUT2D eigenvalue weighted by molar-refractivity contribution is 5.81. The van der Waals surface area contributed by atoms with Crippen molar-refractivity contribution in [2.45, 2.75) is 32.2 Å². The van der Waals surface area contributed by atoms with Crippen molar-refractivity contribution in [3.05, 3.63) is 41.6 Å². The Balaban J connectivity index is 2.03. The van der Waals surface area contributed by atoms with E-state index in [0.717, 1.165) is 11.1 Å². The number of hydrogen-bond donors (Lipinski definition) is 2. The van der Waals surface area contributed by atoms with Crippen molar-refractivity contribution in [3.63, 3.8) is 0 Å². The van der Waals surface area contributed by atoms with Crippen LogP contribution in [0.2, 0.25) is 0 Å². The first-order chi connectivity index (χ1) is 11.0. The Morgan fingerprint density at radius 1 is 1.26 bits per heavy atom. The molecule has 0 aromatic heterocycles. The molecule has 1 unspecified atom stereocenters. The second kappa shape index (κ2) is 7.58. The van der Waals surface area contributed by atoms with Crippen molar-refractivity contribution in [1.29, 1.82) is 0 Å². The van der Waals surface area contributed by atoms with Crippen LogP contribution in [0.25, 0.3) is 6.08 Å². The maximum absolute atomic E-state index is 12.1. The third-order valence-corrected chi connectivity index (χ3v) is 3.74. The fourth-order valence-corrected chi connectivity index (χ4v) is 2.63. The summed E-state index contributed by atoms with van der Waals surface area (Å²) >= 11 is 0. The molecule has 0 bridgehead atoms. The molecule has 2 N–H and O–H groups in total. The highest BCUT2D eigenvalue weighted by Gasteiger charge is 2.27. The molecule has 2 rings (SSSR count). The molecule has 1 aliphatic heterocycles. The Bertz CT molecular complexity index is 639. The average molecular weight is 316 g/mol. The first-order valence-electron chi connectivity index (χ1n) is 7.53. The lowest BCUT2D eigenvalue weighted by Crippen LogP contribution is -2.35. The van der Waals surface area contributed by atoms with E-state index in [1.54, 1.807) is 11.1 Å². The zero-order valence-electron chi connectivity index (χ0n) is 13.0. The first-order valence-corrected chi connectivity index (χ1v) is 7.53. The minimum atomic E-state index is -0.881. The standard InChI is InChI=1S/C17H20N2O4/c1-12(20)19-10-8-13-5-2-3-6-14(13)15(19)11-16(21)18-9-4-7-17(22)23/h2-3,5-6,8,10,15H,4,7,9,11H2,1H3,(H,18,21)(H,22,23). The van der Waals surface area contributed by atoms with Crippen molar-refractivity contribution in [2.75, 3.05) is 6.54 Å². The van der Waals surface area contributed by atoms with Gasteiger partial charge < -0.3 is 15.3 Å². The van der Waals surface area contributed by atoms with Gasteiger partial charge in [-0.15, -0.1) is 0 Å². The van der Waals surface area contributed by atoms with E-state index in [4.69, 9.17) is 5.11 Å². The number of nitrogens with zero attached hydrogens (tertiary/aromatic N) is 1. The Labute approximate surface area is 134 Å². The van der Waals surface area contributed by atoms with Crippen molar-refractivity contribution >= 4 is 23.9 Å². The summed E-state index contributed by atoms with van der Waals surface area (Å²) in [6.07, 6.45) is 4.12. The fourth-order valence-electron chi connectivity index (χ4n) is 2.63. The largest absolute Gasteiger partial charge is 0.481 e. The van der Waals surface area contributed by atoms with Gasteiger partial charge in [0.05, 0.1) is 12.5 Å². The predicted molar refractivity (Wildman–Crippen MR) is 85.2 cm³/mol. The van der Waals surface area contributed by atoms with E-state index in [-0.39, 0.29) is 30.7 Å². The van der Waals surface area contributed by atoms with Gasteiger partial charge in [-0.2, -0.15) is 0 Å². The summed E-state index contributed by atoms with van der Waals surface area (Å²) in [5.41, 5.74) is 1.93. The van der Waals surface area contributed by atoms with E-state index >= 15 is 0 Å². The average Bonchev–Trinajstić information content (AvgIpc) is 2.51. The zero-order valence-corrected chi connectivity index (χ0v) is 13.0. The molecule has 1 aliphatic rings. The number of carboxylic acid groups (broad SMARTS) is 1. The Kier molecular flexibility index (Phi) is 5.51. The van der Waals surface area contributed by atoms with Crippen LogP contribution in [-0.2, 0) is 14.4 Å². The normalized spacial score (nSPS) is 15.9. The molecule has 6 nitrogen and oxygen atoms in total. The molecule has 0 saturated heterocycles.